The molecular formula is C18H17N5O2. The molecule has 0 atom stereocenters. The Kier molecular flexibility index (Phi) is 5.16. The summed E-state index contributed by atoms with van der Waals surface area (Å²) in [6.07, 6.45) is 6.52. The van der Waals surface area contributed by atoms with Crippen LogP contribution in [0.3, 0.4) is 0 Å². The molecule has 0 saturated carbocycles. The Morgan fingerprint density at radius 2 is 2.12 bits per heavy atom. The zero-order valence-electron chi connectivity index (χ0n) is 13.6. The quantitative estimate of drug-likeness (QED) is 0.674. The van der Waals surface area contributed by atoms with E-state index in [0.29, 0.717) is 11.6 Å². The number of carbonyl (C=O) groups is 1. The number of amides is 1. The molecule has 2 aromatic heterocycles. The lowest BCUT2D eigenvalue weighted by Gasteiger charge is -1.99. The highest BCUT2D eigenvalue weighted by Gasteiger charge is 2.06. The molecule has 3 aromatic rings. The van der Waals surface area contributed by atoms with Gasteiger partial charge in [-0.3, -0.25) is 14.9 Å². The van der Waals surface area contributed by atoms with Crippen LogP contribution in [0.25, 0.3) is 17.5 Å². The lowest BCUT2D eigenvalue weighted by molar-refractivity contribution is -0.116. The molecule has 0 fully saturated rings. The summed E-state index contributed by atoms with van der Waals surface area (Å²) in [5, 5.41) is 9.73. The van der Waals surface area contributed by atoms with E-state index in [1.165, 1.54) is 6.08 Å². The Labute approximate surface area is 144 Å². The monoisotopic (exact) mass is 335 g/mol. The molecule has 0 radical (unpaired) electrons. The standard InChI is InChI=1S/C18H17N5O2/c1-25-15-7-5-14(6-8-15)18-21-16(22-23-18)12-20-17(24)9-4-13-3-2-10-19-11-13/h2-11H,12H2,1H3,(H,20,24)(H,21,22,23)/b9-4-. The molecule has 126 valence electrons. The molecule has 1 aromatic carbocycles. The smallest absolute Gasteiger partial charge is 0.244 e. The second kappa shape index (κ2) is 7.87. The van der Waals surface area contributed by atoms with Gasteiger partial charge in [0.2, 0.25) is 5.91 Å². The molecule has 0 aliphatic carbocycles. The zero-order valence-corrected chi connectivity index (χ0v) is 13.6. The number of hydrogen-bond donors (Lipinski definition) is 2. The molecule has 2 heterocycles. The van der Waals surface area contributed by atoms with Crippen LogP contribution in [0.5, 0.6) is 5.75 Å². The van der Waals surface area contributed by atoms with Gasteiger partial charge >= 0.3 is 0 Å². The van der Waals surface area contributed by atoms with E-state index in [0.717, 1.165) is 16.9 Å². The van der Waals surface area contributed by atoms with E-state index in [1.54, 1.807) is 25.6 Å². The van der Waals surface area contributed by atoms with Crippen LogP contribution in [0.15, 0.2) is 54.9 Å². The molecule has 7 heteroatoms. The molecule has 7 nitrogen and oxygen atoms in total. The van der Waals surface area contributed by atoms with Gasteiger partial charge in [0.15, 0.2) is 5.82 Å². The third-order valence-electron chi connectivity index (χ3n) is 3.42. The third-order valence-corrected chi connectivity index (χ3v) is 3.42. The van der Waals surface area contributed by atoms with Crippen molar-refractivity contribution in [3.63, 3.8) is 0 Å². The van der Waals surface area contributed by atoms with Crippen molar-refractivity contribution in [2.75, 3.05) is 7.11 Å². The van der Waals surface area contributed by atoms with Gasteiger partial charge in [-0.2, -0.15) is 5.10 Å². The van der Waals surface area contributed by atoms with Gasteiger partial charge in [0.1, 0.15) is 11.6 Å². The van der Waals surface area contributed by atoms with Crippen LogP contribution in [-0.4, -0.2) is 33.2 Å². The topological polar surface area (TPSA) is 92.8 Å². The predicted molar refractivity (Wildman–Crippen MR) is 93.5 cm³/mol. The summed E-state index contributed by atoms with van der Waals surface area (Å²) in [6, 6.07) is 11.1. The Morgan fingerprint density at radius 1 is 1.28 bits per heavy atom. The number of rotatable bonds is 6. The average molecular weight is 335 g/mol. The molecule has 2 N–H and O–H groups in total. The normalized spacial score (nSPS) is 10.8. The second-order valence-electron chi connectivity index (χ2n) is 5.17. The van der Waals surface area contributed by atoms with Gasteiger partial charge in [0, 0.05) is 24.0 Å². The van der Waals surface area contributed by atoms with E-state index in [-0.39, 0.29) is 12.5 Å². The highest BCUT2D eigenvalue weighted by molar-refractivity contribution is 5.91. The molecular weight excluding hydrogens is 318 g/mol. The molecule has 0 spiro atoms. The number of aromatic nitrogens is 4. The zero-order chi connectivity index (χ0) is 17.5. The fraction of sp³-hybridized carbons (Fsp3) is 0.111. The number of benzene rings is 1. The van der Waals surface area contributed by atoms with Crippen molar-refractivity contribution < 1.29 is 9.53 Å². The highest BCUT2D eigenvalue weighted by atomic mass is 16.5. The molecule has 0 aliphatic rings. The molecule has 0 unspecified atom stereocenters. The number of pyridine rings is 1. The minimum absolute atomic E-state index is 0.216. The van der Waals surface area contributed by atoms with Crippen molar-refractivity contribution >= 4 is 12.0 Å². The largest absolute Gasteiger partial charge is 0.497 e. The van der Waals surface area contributed by atoms with E-state index < -0.39 is 0 Å². The minimum atomic E-state index is -0.216. The number of H-pyrrole nitrogens is 1. The van der Waals surface area contributed by atoms with Gasteiger partial charge in [-0.15, -0.1) is 0 Å². The van der Waals surface area contributed by atoms with E-state index in [1.807, 2.05) is 36.4 Å². The minimum Gasteiger partial charge on any atom is -0.497 e. The van der Waals surface area contributed by atoms with Crippen molar-refractivity contribution in [2.45, 2.75) is 6.54 Å². The van der Waals surface area contributed by atoms with Gasteiger partial charge < -0.3 is 10.1 Å². The first-order valence-corrected chi connectivity index (χ1v) is 7.66. The molecule has 1 amide bonds. The van der Waals surface area contributed by atoms with Crippen LogP contribution in [0.2, 0.25) is 0 Å². The maximum atomic E-state index is 11.8. The van der Waals surface area contributed by atoms with Gasteiger partial charge in [-0.25, -0.2) is 4.98 Å². The average Bonchev–Trinajstić information content (AvgIpc) is 3.14. The van der Waals surface area contributed by atoms with Crippen LogP contribution in [-0.2, 0) is 11.3 Å². The van der Waals surface area contributed by atoms with Crippen molar-refractivity contribution in [1.29, 1.82) is 0 Å². The number of ether oxygens (including phenoxy) is 1. The third kappa shape index (κ3) is 4.51. The SMILES string of the molecule is COc1ccc(-c2n[nH]c(CNC(=O)/C=C\c3cccnc3)n2)cc1. The summed E-state index contributed by atoms with van der Waals surface area (Å²) >= 11 is 0. The van der Waals surface area contributed by atoms with Crippen LogP contribution in [0, 0.1) is 0 Å². The summed E-state index contributed by atoms with van der Waals surface area (Å²) in [5.41, 5.74) is 1.73. The van der Waals surface area contributed by atoms with E-state index in [4.69, 9.17) is 4.74 Å². The van der Waals surface area contributed by atoms with Crippen LogP contribution in [0.1, 0.15) is 11.4 Å². The van der Waals surface area contributed by atoms with Crippen molar-refractivity contribution in [1.82, 2.24) is 25.5 Å². The lowest BCUT2D eigenvalue weighted by atomic mass is 10.2. The maximum Gasteiger partial charge on any atom is 0.244 e. The molecule has 25 heavy (non-hydrogen) atoms. The summed E-state index contributed by atoms with van der Waals surface area (Å²) in [7, 11) is 1.62. The van der Waals surface area contributed by atoms with Gasteiger partial charge in [-0.1, -0.05) is 6.07 Å². The van der Waals surface area contributed by atoms with E-state index >= 15 is 0 Å². The first-order valence-electron chi connectivity index (χ1n) is 7.66. The van der Waals surface area contributed by atoms with E-state index in [9.17, 15) is 4.79 Å². The predicted octanol–water partition coefficient (Wildman–Crippen LogP) is 2.20. The summed E-state index contributed by atoms with van der Waals surface area (Å²) in [4.78, 5) is 20.2. The number of nitrogens with zero attached hydrogens (tertiary/aromatic N) is 3. The van der Waals surface area contributed by atoms with Crippen molar-refractivity contribution in [2.24, 2.45) is 0 Å². The Balaban J connectivity index is 1.56. The van der Waals surface area contributed by atoms with E-state index in [2.05, 4.69) is 25.5 Å². The van der Waals surface area contributed by atoms with Crippen LogP contribution in [0.4, 0.5) is 0 Å². The number of nitrogens with one attached hydrogen (secondary N) is 2. The molecule has 0 saturated heterocycles. The summed E-state index contributed by atoms with van der Waals surface area (Å²) < 4.78 is 5.12. The maximum absolute atomic E-state index is 11.8. The summed E-state index contributed by atoms with van der Waals surface area (Å²) in [6.45, 7) is 0.263. The Bertz CT molecular complexity index is 857. The number of aromatic amines is 1. The van der Waals surface area contributed by atoms with Crippen LogP contribution >= 0.6 is 0 Å². The first-order chi connectivity index (χ1) is 12.2. The lowest BCUT2D eigenvalue weighted by Crippen LogP contribution is -2.20. The number of methoxy groups -OCH3 is 1. The van der Waals surface area contributed by atoms with Crippen molar-refractivity contribution in [3.8, 4) is 17.1 Å². The van der Waals surface area contributed by atoms with Gasteiger partial charge in [0.05, 0.1) is 13.7 Å². The molecule has 3 rings (SSSR count). The summed E-state index contributed by atoms with van der Waals surface area (Å²) in [5.74, 6) is 1.70. The van der Waals surface area contributed by atoms with Gasteiger partial charge in [0.25, 0.3) is 0 Å². The number of hydrogen-bond acceptors (Lipinski definition) is 5. The first kappa shape index (κ1) is 16.4. The number of carbonyl (C=O) groups excluding carboxylic acids is 1. The van der Waals surface area contributed by atoms with Crippen LogP contribution < -0.4 is 10.1 Å². The molecule has 0 bridgehead atoms. The van der Waals surface area contributed by atoms with Crippen molar-refractivity contribution in [3.05, 3.63) is 66.3 Å². The Hall–Kier alpha value is -3.48. The molecule has 0 aliphatic heterocycles. The fourth-order valence-corrected chi connectivity index (χ4v) is 2.12. The highest BCUT2D eigenvalue weighted by Crippen LogP contribution is 2.18. The fourth-order valence-electron chi connectivity index (χ4n) is 2.12. The second-order valence-corrected chi connectivity index (χ2v) is 5.17. The Morgan fingerprint density at radius 3 is 2.84 bits per heavy atom. The van der Waals surface area contributed by atoms with Gasteiger partial charge in [-0.05, 0) is 42.0 Å².